The molecule has 81 heavy (non-hydrogen) atoms. The van der Waals surface area contributed by atoms with Gasteiger partial charge in [-0.3, -0.25) is 18.6 Å². The fourth-order valence-electron chi connectivity index (χ4n) is 12.8. The molecule has 0 radical (unpaired) electrons. The molecule has 0 amide bonds. The molecule has 0 spiro atoms. The maximum atomic E-state index is 11.9. The van der Waals surface area contributed by atoms with E-state index in [0.29, 0.717) is 54.1 Å². The number of aromatic nitrogens is 8. The summed E-state index contributed by atoms with van der Waals surface area (Å²) in [6.07, 6.45) is 13.0. The molecule has 4 N–H and O–H groups in total. The zero-order chi connectivity index (χ0) is 55.6. The topological polar surface area (TPSA) is 185 Å². The molecule has 16 nitrogen and oxygen atoms in total. The smallest absolute Gasteiger partial charge is 0.211 e. The number of hydrogen-bond donors (Lipinski definition) is 2. The number of sulfonamides is 1. The van der Waals surface area contributed by atoms with E-state index in [1.165, 1.54) is 25.9 Å². The number of hydrogen-bond acceptors (Lipinski definition) is 13. The molecule has 2 saturated carbocycles. The number of nitrogen functional groups attached to an aromatic ring is 2. The van der Waals surface area contributed by atoms with Crippen molar-refractivity contribution in [2.45, 2.75) is 70.4 Å². The standard InChI is InChI=1S/C34H39N7.C30H31N7O2S/c1-34(2,3)22-39-15-17-40(18-16-39)27-19-26(20-27)33-38-30(31-32(35)36-13-14-41(31)33)25-10-9-24-11-12-28(37-29(24)21-25)23-7-5-4-6-8-23;1-40(38,39)36-15-13-35(14-16-36)24-17-23(18-24)30-34-27(28-29(31)32-11-12-37(28)30)22-8-7-21-9-10-25(33-26(21)19-22)20-5-3-2-4-6-20/h4-14,21,26-27H,15-20,22H2,1-3H3,(H2,35,36);2-12,19,23-24H,13-18H2,1H3,(H2,31,32). The third-order valence-corrected chi connectivity index (χ3v) is 18.4. The van der Waals surface area contributed by atoms with Gasteiger partial charge in [0.1, 0.15) is 45.7 Å². The van der Waals surface area contributed by atoms with E-state index in [1.54, 1.807) is 16.7 Å². The zero-order valence-electron chi connectivity index (χ0n) is 46.6. The Balaban J connectivity index is 0.000000153. The van der Waals surface area contributed by atoms with Gasteiger partial charge in [0.15, 0.2) is 0 Å². The highest BCUT2D eigenvalue weighted by Crippen LogP contribution is 2.44. The van der Waals surface area contributed by atoms with Gasteiger partial charge in [0.05, 0.1) is 28.7 Å². The zero-order valence-corrected chi connectivity index (χ0v) is 47.4. The van der Waals surface area contributed by atoms with E-state index < -0.39 is 10.0 Å². The van der Waals surface area contributed by atoms with Crippen molar-refractivity contribution in [1.82, 2.24) is 57.7 Å². The fraction of sp³-hybridized carbons (Fsp3) is 0.344. The van der Waals surface area contributed by atoms with Gasteiger partial charge >= 0.3 is 0 Å². The highest BCUT2D eigenvalue weighted by molar-refractivity contribution is 7.88. The number of benzene rings is 4. The second-order valence-electron chi connectivity index (χ2n) is 23.9. The molecule has 8 heterocycles. The van der Waals surface area contributed by atoms with Gasteiger partial charge in [-0.25, -0.2) is 38.3 Å². The molecule has 0 atom stereocenters. The maximum absolute atomic E-state index is 11.9. The van der Waals surface area contributed by atoms with Crippen LogP contribution in [0, 0.1) is 5.41 Å². The molecular weight excluding hydrogens is 1030 g/mol. The third kappa shape index (κ3) is 10.6. The number of piperazine rings is 2. The van der Waals surface area contributed by atoms with Crippen molar-refractivity contribution in [1.29, 1.82) is 0 Å². The van der Waals surface area contributed by atoms with Crippen LogP contribution in [0.1, 0.15) is 69.9 Å². The minimum atomic E-state index is -3.13. The van der Waals surface area contributed by atoms with Gasteiger partial charge in [0, 0.05) is 141 Å². The molecule has 2 aliphatic carbocycles. The van der Waals surface area contributed by atoms with Crippen LogP contribution < -0.4 is 11.5 Å². The van der Waals surface area contributed by atoms with Gasteiger partial charge in [-0.1, -0.05) is 118 Å². The van der Waals surface area contributed by atoms with Crippen molar-refractivity contribution in [3.8, 4) is 45.0 Å². The number of rotatable bonds is 10. The van der Waals surface area contributed by atoms with E-state index in [1.807, 2.05) is 48.8 Å². The normalized spacial score (nSPS) is 20.5. The fourth-order valence-corrected chi connectivity index (χ4v) is 13.6. The summed E-state index contributed by atoms with van der Waals surface area (Å²) in [4.78, 5) is 36.9. The summed E-state index contributed by atoms with van der Waals surface area (Å²) >= 11 is 0. The van der Waals surface area contributed by atoms with Crippen LogP contribution in [0.15, 0.2) is 146 Å². The molecule has 0 unspecified atom stereocenters. The number of anilines is 2. The first-order chi connectivity index (χ1) is 39.2. The summed E-state index contributed by atoms with van der Waals surface area (Å²) in [7, 11) is -3.13. The van der Waals surface area contributed by atoms with E-state index in [9.17, 15) is 8.42 Å². The van der Waals surface area contributed by atoms with Crippen molar-refractivity contribution < 1.29 is 8.42 Å². The van der Waals surface area contributed by atoms with Gasteiger partial charge in [-0.15, -0.1) is 0 Å². The number of imidazole rings is 2. The van der Waals surface area contributed by atoms with Gasteiger partial charge in [-0.05, 0) is 55.4 Å². The van der Waals surface area contributed by atoms with Crippen LogP contribution in [0.5, 0.6) is 0 Å². The van der Waals surface area contributed by atoms with Gasteiger partial charge in [0.2, 0.25) is 10.0 Å². The van der Waals surface area contributed by atoms with Crippen molar-refractivity contribution in [3.05, 3.63) is 158 Å². The largest absolute Gasteiger partial charge is 0.382 e. The molecule has 0 bridgehead atoms. The summed E-state index contributed by atoms with van der Waals surface area (Å²) < 4.78 is 29.6. The first-order valence-electron chi connectivity index (χ1n) is 28.5. The van der Waals surface area contributed by atoms with Crippen LogP contribution in [0.4, 0.5) is 11.6 Å². The quantitative estimate of drug-likeness (QED) is 0.132. The molecule has 414 valence electrons. The average molecular weight is 1100 g/mol. The van der Waals surface area contributed by atoms with E-state index in [0.717, 1.165) is 141 Å². The Labute approximate surface area is 473 Å². The van der Waals surface area contributed by atoms with E-state index >= 15 is 0 Å². The Hall–Kier alpha value is -7.67. The third-order valence-electron chi connectivity index (χ3n) is 17.1. The Kier molecular flexibility index (Phi) is 13.9. The van der Waals surface area contributed by atoms with Crippen molar-refractivity contribution in [3.63, 3.8) is 0 Å². The van der Waals surface area contributed by atoms with Crippen molar-refractivity contribution in [2.24, 2.45) is 5.41 Å². The van der Waals surface area contributed by atoms with Crippen LogP contribution in [0.2, 0.25) is 0 Å². The highest BCUT2D eigenvalue weighted by Gasteiger charge is 2.41. The lowest BCUT2D eigenvalue weighted by molar-refractivity contribution is 0.0386. The number of pyridine rings is 2. The minimum Gasteiger partial charge on any atom is -0.382 e. The first-order valence-corrected chi connectivity index (χ1v) is 30.4. The lowest BCUT2D eigenvalue weighted by atomic mass is 9.78. The molecule has 17 heteroatoms. The Bertz CT molecular complexity index is 4040. The lowest BCUT2D eigenvalue weighted by Crippen LogP contribution is -2.54. The SMILES string of the molecule is CC(C)(C)CN1CCN(C2CC(c3nc(-c4ccc5ccc(-c6ccccc6)nc5c4)c4c(N)nccn34)C2)CC1.CS(=O)(=O)N1CCN(C2CC(c3nc(-c4ccc5ccc(-c6ccccc6)nc5c4)c4c(N)nccn34)C2)CC1. The summed E-state index contributed by atoms with van der Waals surface area (Å²) in [5.41, 5.74) is 24.6. The van der Waals surface area contributed by atoms with E-state index in [-0.39, 0.29) is 0 Å². The summed E-state index contributed by atoms with van der Waals surface area (Å²) in [5, 5.41) is 2.17. The van der Waals surface area contributed by atoms with Gasteiger partial charge in [-0.2, -0.15) is 4.31 Å². The Morgan fingerprint density at radius 2 is 0.938 bits per heavy atom. The first kappa shape index (κ1) is 52.7. The minimum absolute atomic E-state index is 0.296. The lowest BCUT2D eigenvalue weighted by Gasteiger charge is -2.46. The van der Waals surface area contributed by atoms with Crippen LogP contribution in [-0.2, 0) is 10.0 Å². The summed E-state index contributed by atoms with van der Waals surface area (Å²) in [6, 6.07) is 42.6. The molecule has 4 fully saturated rings. The van der Waals surface area contributed by atoms with Crippen molar-refractivity contribution in [2.75, 3.05) is 76.6 Å². The average Bonchev–Trinajstić information content (AvgIpc) is 3.64. The van der Waals surface area contributed by atoms with E-state index in [4.69, 9.17) is 31.4 Å². The molecule has 4 aliphatic rings. The van der Waals surface area contributed by atoms with Crippen LogP contribution in [0.3, 0.4) is 0 Å². The van der Waals surface area contributed by atoms with Crippen molar-refractivity contribution >= 4 is 54.5 Å². The number of nitrogens with zero attached hydrogens (tertiary/aromatic N) is 12. The Morgan fingerprint density at radius 3 is 1.36 bits per heavy atom. The second-order valence-corrected chi connectivity index (χ2v) is 25.8. The summed E-state index contributed by atoms with van der Waals surface area (Å²) in [6.45, 7) is 15.5. The predicted molar refractivity (Wildman–Crippen MR) is 324 cm³/mol. The molecule has 6 aromatic heterocycles. The van der Waals surface area contributed by atoms with E-state index in [2.05, 4.69) is 139 Å². The highest BCUT2D eigenvalue weighted by atomic mass is 32.2. The molecule has 10 aromatic rings. The second kappa shape index (κ2) is 21.3. The molecule has 4 aromatic carbocycles. The number of fused-ring (bicyclic) bond motifs is 4. The molecule has 2 aliphatic heterocycles. The van der Waals surface area contributed by atoms with Crippen LogP contribution in [-0.4, -0.2) is 143 Å². The van der Waals surface area contributed by atoms with Crippen LogP contribution >= 0.6 is 0 Å². The number of nitrogens with two attached hydrogens (primary N) is 2. The Morgan fingerprint density at radius 1 is 0.519 bits per heavy atom. The summed E-state index contributed by atoms with van der Waals surface area (Å²) in [5.74, 6) is 3.77. The monoisotopic (exact) mass is 1100 g/mol. The van der Waals surface area contributed by atoms with Gasteiger partial charge < -0.3 is 16.4 Å². The molecule has 2 saturated heterocycles. The van der Waals surface area contributed by atoms with Gasteiger partial charge in [0.25, 0.3) is 0 Å². The molecular formula is C64H70N14O2S. The maximum Gasteiger partial charge on any atom is 0.211 e. The van der Waals surface area contributed by atoms with Crippen LogP contribution in [0.25, 0.3) is 77.9 Å². The molecule has 14 rings (SSSR count). The predicted octanol–water partition coefficient (Wildman–Crippen LogP) is 10.1.